The molecule has 0 aliphatic heterocycles. The monoisotopic (exact) mass is 285 g/mol. The lowest BCUT2D eigenvalue weighted by Gasteiger charge is -2.30. The van der Waals surface area contributed by atoms with E-state index in [9.17, 15) is 8.60 Å². The summed E-state index contributed by atoms with van der Waals surface area (Å²) in [7, 11) is -1.08. The minimum Gasteiger partial charge on any atom is -0.242 e. The van der Waals surface area contributed by atoms with Gasteiger partial charge < -0.3 is 0 Å². The van der Waals surface area contributed by atoms with Gasteiger partial charge in [-0.25, -0.2) is 13.3 Å². The van der Waals surface area contributed by atoms with Gasteiger partial charge in [-0.1, -0.05) is 12.1 Å². The zero-order valence-electron chi connectivity index (χ0n) is 12.4. The number of benzene rings is 1. The molecule has 0 aliphatic carbocycles. The molecule has 1 N–H and O–H groups in total. The summed E-state index contributed by atoms with van der Waals surface area (Å²) in [6.45, 7) is 9.94. The molecule has 1 aromatic carbocycles. The van der Waals surface area contributed by atoms with Crippen LogP contribution in [0.25, 0.3) is 0 Å². The molecule has 0 bridgehead atoms. The lowest BCUT2D eigenvalue weighted by Crippen LogP contribution is -2.46. The highest BCUT2D eigenvalue weighted by Gasteiger charge is 2.26. The number of hydrogen-bond acceptors (Lipinski definition) is 1. The molecule has 108 valence electrons. The Bertz CT molecular complexity index is 434. The standard InChI is InChI=1S/C15H24FNOS/c1-14(2,3)19(18)17-15(4,5)11-10-12-6-8-13(16)9-7-12/h6-9,17H,10-11H2,1-5H3. The van der Waals surface area contributed by atoms with Gasteiger partial charge >= 0.3 is 0 Å². The highest BCUT2D eigenvalue weighted by molar-refractivity contribution is 7.84. The molecule has 0 aromatic heterocycles. The third-order valence-corrected chi connectivity index (χ3v) is 4.73. The first-order chi connectivity index (χ1) is 8.60. The average molecular weight is 285 g/mol. The summed E-state index contributed by atoms with van der Waals surface area (Å²) in [6, 6.07) is 6.55. The van der Waals surface area contributed by atoms with Gasteiger partial charge in [0.25, 0.3) is 0 Å². The summed E-state index contributed by atoms with van der Waals surface area (Å²) in [6.07, 6.45) is 1.68. The smallest absolute Gasteiger partial charge is 0.123 e. The van der Waals surface area contributed by atoms with Crippen LogP contribution in [0.2, 0.25) is 0 Å². The van der Waals surface area contributed by atoms with Crippen molar-refractivity contribution in [2.24, 2.45) is 0 Å². The SMILES string of the molecule is CC(C)(CCc1ccc(F)cc1)NS(=O)C(C)(C)C. The van der Waals surface area contributed by atoms with E-state index in [1.165, 1.54) is 12.1 Å². The predicted octanol–water partition coefficient (Wildman–Crippen LogP) is 3.59. The summed E-state index contributed by atoms with van der Waals surface area (Å²) in [4.78, 5) is 0. The van der Waals surface area contributed by atoms with E-state index in [0.29, 0.717) is 0 Å². The first kappa shape index (κ1) is 16.3. The third kappa shape index (κ3) is 5.83. The Kier molecular flexibility index (Phi) is 5.27. The summed E-state index contributed by atoms with van der Waals surface area (Å²) in [5.41, 5.74) is 0.879. The van der Waals surface area contributed by atoms with E-state index in [4.69, 9.17) is 0 Å². The van der Waals surface area contributed by atoms with Gasteiger partial charge in [0, 0.05) is 5.54 Å². The van der Waals surface area contributed by atoms with Crippen molar-refractivity contribution in [1.29, 1.82) is 0 Å². The van der Waals surface area contributed by atoms with Crippen LogP contribution in [0.15, 0.2) is 24.3 Å². The molecule has 2 nitrogen and oxygen atoms in total. The molecule has 1 unspecified atom stereocenters. The van der Waals surface area contributed by atoms with Gasteiger partial charge in [0.2, 0.25) is 0 Å². The molecule has 1 aromatic rings. The molecule has 0 aliphatic rings. The first-order valence-corrected chi connectivity index (χ1v) is 7.69. The van der Waals surface area contributed by atoms with Crippen molar-refractivity contribution in [1.82, 2.24) is 4.72 Å². The molecule has 0 saturated heterocycles. The maximum Gasteiger partial charge on any atom is 0.123 e. The highest BCUT2D eigenvalue weighted by Crippen LogP contribution is 2.18. The fraction of sp³-hybridized carbons (Fsp3) is 0.600. The van der Waals surface area contributed by atoms with E-state index in [2.05, 4.69) is 4.72 Å². The molecular weight excluding hydrogens is 261 g/mol. The van der Waals surface area contributed by atoms with Crippen molar-refractivity contribution >= 4 is 11.0 Å². The van der Waals surface area contributed by atoms with Crippen molar-refractivity contribution in [3.05, 3.63) is 35.6 Å². The van der Waals surface area contributed by atoms with E-state index in [0.717, 1.165) is 18.4 Å². The van der Waals surface area contributed by atoms with E-state index >= 15 is 0 Å². The van der Waals surface area contributed by atoms with Crippen LogP contribution in [-0.2, 0) is 17.4 Å². The van der Waals surface area contributed by atoms with Gasteiger partial charge in [0.15, 0.2) is 0 Å². The molecule has 1 atom stereocenters. The van der Waals surface area contributed by atoms with Crippen LogP contribution in [0.4, 0.5) is 4.39 Å². The Morgan fingerprint density at radius 3 is 2.11 bits per heavy atom. The Balaban J connectivity index is 2.55. The molecule has 0 radical (unpaired) electrons. The van der Waals surface area contributed by atoms with Gasteiger partial charge in [-0.05, 0) is 65.2 Å². The second-order valence-corrected chi connectivity index (χ2v) is 8.46. The summed E-state index contributed by atoms with van der Waals surface area (Å²) in [5, 5.41) is 0. The number of nitrogens with one attached hydrogen (secondary N) is 1. The average Bonchev–Trinajstić information content (AvgIpc) is 2.26. The van der Waals surface area contributed by atoms with Gasteiger partial charge in [0.1, 0.15) is 5.82 Å². The molecule has 4 heteroatoms. The fourth-order valence-corrected chi connectivity index (χ4v) is 2.47. The van der Waals surface area contributed by atoms with Gasteiger partial charge in [-0.2, -0.15) is 0 Å². The minimum atomic E-state index is -1.08. The van der Waals surface area contributed by atoms with Gasteiger partial charge in [-0.3, -0.25) is 0 Å². The maximum atomic E-state index is 12.8. The first-order valence-electron chi connectivity index (χ1n) is 6.54. The second kappa shape index (κ2) is 6.14. The topological polar surface area (TPSA) is 29.1 Å². The number of rotatable bonds is 5. The van der Waals surface area contributed by atoms with E-state index in [1.54, 1.807) is 12.1 Å². The van der Waals surface area contributed by atoms with Gasteiger partial charge in [-0.15, -0.1) is 0 Å². The minimum absolute atomic E-state index is 0.213. The molecule has 0 saturated carbocycles. The molecule has 19 heavy (non-hydrogen) atoms. The summed E-state index contributed by atoms with van der Waals surface area (Å²) >= 11 is 0. The van der Waals surface area contributed by atoms with E-state index < -0.39 is 11.0 Å². The molecule has 0 heterocycles. The lowest BCUT2D eigenvalue weighted by molar-refractivity contribution is 0.430. The van der Waals surface area contributed by atoms with Crippen molar-refractivity contribution in [2.45, 2.75) is 57.7 Å². The zero-order chi connectivity index (χ0) is 14.7. The summed E-state index contributed by atoms with van der Waals surface area (Å²) in [5.74, 6) is -0.213. The predicted molar refractivity (Wildman–Crippen MR) is 79.8 cm³/mol. The van der Waals surface area contributed by atoms with E-state index in [1.807, 2.05) is 34.6 Å². The quantitative estimate of drug-likeness (QED) is 0.880. The van der Waals surface area contributed by atoms with Crippen LogP contribution in [0.1, 0.15) is 46.6 Å². The van der Waals surface area contributed by atoms with E-state index in [-0.39, 0.29) is 16.1 Å². The second-order valence-electron chi connectivity index (χ2n) is 6.49. The third-order valence-electron chi connectivity index (χ3n) is 2.88. The molecule has 0 spiro atoms. The Hall–Kier alpha value is -0.740. The number of halogens is 1. The normalized spacial score (nSPS) is 14.4. The zero-order valence-corrected chi connectivity index (χ0v) is 13.2. The summed E-state index contributed by atoms with van der Waals surface area (Å²) < 4.78 is 27.8. The van der Waals surface area contributed by atoms with Crippen molar-refractivity contribution in [2.75, 3.05) is 0 Å². The van der Waals surface area contributed by atoms with Crippen LogP contribution in [0.3, 0.4) is 0 Å². The van der Waals surface area contributed by atoms with Crippen LogP contribution in [0.5, 0.6) is 0 Å². The van der Waals surface area contributed by atoms with Crippen molar-refractivity contribution in [3.8, 4) is 0 Å². The highest BCUT2D eigenvalue weighted by atomic mass is 32.2. The Labute approximate surface area is 118 Å². The fourth-order valence-electron chi connectivity index (χ4n) is 1.56. The molecule has 1 rings (SSSR count). The van der Waals surface area contributed by atoms with Crippen LogP contribution < -0.4 is 4.72 Å². The molecular formula is C15H24FNOS. The van der Waals surface area contributed by atoms with Crippen LogP contribution in [0, 0.1) is 5.82 Å². The van der Waals surface area contributed by atoms with Gasteiger partial charge in [0.05, 0.1) is 15.7 Å². The number of aryl methyl sites for hydroxylation is 1. The van der Waals surface area contributed by atoms with Crippen molar-refractivity contribution in [3.63, 3.8) is 0 Å². The van der Waals surface area contributed by atoms with Crippen molar-refractivity contribution < 1.29 is 8.60 Å². The molecule has 0 fully saturated rings. The number of hydrogen-bond donors (Lipinski definition) is 1. The Morgan fingerprint density at radius 1 is 1.11 bits per heavy atom. The largest absolute Gasteiger partial charge is 0.242 e. The van der Waals surface area contributed by atoms with Crippen LogP contribution in [-0.4, -0.2) is 14.5 Å². The molecule has 0 amide bonds. The Morgan fingerprint density at radius 2 is 1.63 bits per heavy atom. The van der Waals surface area contributed by atoms with Crippen LogP contribution >= 0.6 is 0 Å². The maximum absolute atomic E-state index is 12.8. The lowest BCUT2D eigenvalue weighted by atomic mass is 9.96.